The van der Waals surface area contributed by atoms with E-state index in [1.807, 2.05) is 11.0 Å². The Morgan fingerprint density at radius 1 is 1.27 bits per heavy atom. The molecule has 2 heterocycles. The topological polar surface area (TPSA) is 83.9 Å². The van der Waals surface area contributed by atoms with Crippen molar-refractivity contribution in [1.82, 2.24) is 15.2 Å². The highest BCUT2D eigenvalue weighted by Gasteiger charge is 2.40. The van der Waals surface area contributed by atoms with Gasteiger partial charge in [0.05, 0.1) is 10.5 Å². The van der Waals surface area contributed by atoms with Crippen molar-refractivity contribution in [2.45, 2.75) is 25.1 Å². The molecule has 30 heavy (non-hydrogen) atoms. The Kier molecular flexibility index (Phi) is 8.03. The van der Waals surface area contributed by atoms with Crippen molar-refractivity contribution in [2.24, 2.45) is 4.99 Å². The number of pyridine rings is 1. The van der Waals surface area contributed by atoms with Crippen LogP contribution >= 0.6 is 24.0 Å². The third-order valence-corrected chi connectivity index (χ3v) is 7.37. The van der Waals surface area contributed by atoms with Crippen LogP contribution in [0.3, 0.4) is 0 Å². The molecule has 1 N–H and O–H groups in total. The lowest BCUT2D eigenvalue weighted by Gasteiger charge is -2.39. The molecule has 2 aromatic rings. The molecule has 0 atom stereocenters. The van der Waals surface area contributed by atoms with Gasteiger partial charge in [0.25, 0.3) is 0 Å². The molecule has 0 radical (unpaired) electrons. The highest BCUT2D eigenvalue weighted by molar-refractivity contribution is 14.0. The molecule has 1 aromatic carbocycles. The maximum atomic E-state index is 13.0. The smallest absolute Gasteiger partial charge is 0.219 e. The number of sulfone groups is 1. The minimum absolute atomic E-state index is 0. The molecule has 1 aromatic heterocycles. The predicted octanol–water partition coefficient (Wildman–Crippen LogP) is 3.22. The number of benzene rings is 1. The molecule has 1 aliphatic heterocycles. The molecule has 1 saturated heterocycles. The fraction of sp³-hybridized carbons (Fsp3) is 0.400. The lowest BCUT2D eigenvalue weighted by molar-refractivity contribution is 0.353. The van der Waals surface area contributed by atoms with Gasteiger partial charge in [0, 0.05) is 38.9 Å². The zero-order valence-electron chi connectivity index (χ0n) is 17.1. The highest BCUT2D eigenvalue weighted by atomic mass is 127. The van der Waals surface area contributed by atoms with Crippen LogP contribution in [-0.2, 0) is 16.4 Å². The fourth-order valence-electron chi connectivity index (χ4n) is 3.04. The van der Waals surface area contributed by atoms with Crippen LogP contribution in [-0.4, -0.2) is 54.9 Å². The normalized spacial score (nSPS) is 17.7. The number of halogens is 2. The van der Waals surface area contributed by atoms with Gasteiger partial charge >= 0.3 is 0 Å². The van der Waals surface area contributed by atoms with E-state index in [0.717, 1.165) is 5.56 Å². The van der Waals surface area contributed by atoms with Gasteiger partial charge in [0.2, 0.25) is 5.88 Å². The summed E-state index contributed by atoms with van der Waals surface area (Å²) in [5.74, 6) is 1.35. The molecule has 0 spiro atoms. The molecule has 0 unspecified atom stereocenters. The number of guanidine groups is 1. The second-order valence-electron chi connectivity index (χ2n) is 7.46. The number of ether oxygens (including phenoxy) is 1. The fourth-order valence-corrected chi connectivity index (χ4v) is 4.40. The van der Waals surface area contributed by atoms with Gasteiger partial charge in [-0.15, -0.1) is 24.0 Å². The summed E-state index contributed by atoms with van der Waals surface area (Å²) < 4.78 is 42.1. The lowest BCUT2D eigenvalue weighted by atomic mass is 10.2. The summed E-state index contributed by atoms with van der Waals surface area (Å²) in [6.07, 6.45) is 1.68. The van der Waals surface area contributed by atoms with Crippen molar-refractivity contribution in [3.8, 4) is 11.6 Å². The van der Waals surface area contributed by atoms with E-state index in [1.165, 1.54) is 24.3 Å². The molecule has 0 amide bonds. The Labute approximate surface area is 193 Å². The monoisotopic (exact) mass is 548 g/mol. The standard InChI is InChI=1S/C20H25FN4O3S.HI/c1-20(2)14-25(10-11-29(20,26)27)19(22-3)24-13-15-4-9-18(23-12-15)28-17-7-5-16(21)6-8-17;/h4-9,12H,10-11,13-14H2,1-3H3,(H,22,24);1H. The minimum atomic E-state index is -3.10. The van der Waals surface area contributed by atoms with E-state index in [1.54, 1.807) is 33.2 Å². The molecule has 3 rings (SSSR count). The number of aromatic nitrogens is 1. The Balaban J connectivity index is 0.00000320. The molecular weight excluding hydrogens is 522 g/mol. The van der Waals surface area contributed by atoms with E-state index in [4.69, 9.17) is 4.74 Å². The van der Waals surface area contributed by atoms with Crippen LogP contribution in [0.25, 0.3) is 0 Å². The molecule has 1 fully saturated rings. The summed E-state index contributed by atoms with van der Waals surface area (Å²) in [6, 6.07) is 9.34. The van der Waals surface area contributed by atoms with Gasteiger partial charge in [-0.3, -0.25) is 4.99 Å². The van der Waals surface area contributed by atoms with Gasteiger partial charge < -0.3 is 15.0 Å². The summed E-state index contributed by atoms with van der Waals surface area (Å²) in [5, 5.41) is 3.25. The van der Waals surface area contributed by atoms with E-state index in [-0.39, 0.29) is 35.5 Å². The number of hydrogen-bond donors (Lipinski definition) is 1. The second kappa shape index (κ2) is 9.90. The molecule has 0 aliphatic carbocycles. The summed E-state index contributed by atoms with van der Waals surface area (Å²) in [6.45, 7) is 4.77. The third kappa shape index (κ3) is 5.81. The first-order valence-electron chi connectivity index (χ1n) is 9.26. The quantitative estimate of drug-likeness (QED) is 0.359. The first-order valence-corrected chi connectivity index (χ1v) is 10.9. The zero-order chi connectivity index (χ0) is 21.1. The number of nitrogens with zero attached hydrogens (tertiary/aromatic N) is 3. The van der Waals surface area contributed by atoms with Crippen molar-refractivity contribution in [3.63, 3.8) is 0 Å². The van der Waals surface area contributed by atoms with Gasteiger partial charge in [-0.05, 0) is 43.7 Å². The van der Waals surface area contributed by atoms with Crippen LogP contribution in [0.5, 0.6) is 11.6 Å². The van der Waals surface area contributed by atoms with Crippen LogP contribution in [0.15, 0.2) is 47.6 Å². The zero-order valence-corrected chi connectivity index (χ0v) is 20.3. The maximum absolute atomic E-state index is 13.0. The molecule has 7 nitrogen and oxygen atoms in total. The molecular formula is C20H26FIN4O3S. The Morgan fingerprint density at radius 2 is 1.97 bits per heavy atom. The predicted molar refractivity (Wildman–Crippen MR) is 126 cm³/mol. The first-order chi connectivity index (χ1) is 13.7. The maximum Gasteiger partial charge on any atom is 0.219 e. The summed E-state index contributed by atoms with van der Waals surface area (Å²) >= 11 is 0. The van der Waals surface area contributed by atoms with E-state index >= 15 is 0 Å². The van der Waals surface area contributed by atoms with Gasteiger partial charge in [0.1, 0.15) is 11.6 Å². The van der Waals surface area contributed by atoms with Crippen molar-refractivity contribution in [2.75, 3.05) is 25.9 Å². The van der Waals surface area contributed by atoms with Crippen molar-refractivity contribution in [1.29, 1.82) is 0 Å². The second-order valence-corrected chi connectivity index (χ2v) is 10.2. The molecule has 1 aliphatic rings. The van der Waals surface area contributed by atoms with E-state index in [2.05, 4.69) is 15.3 Å². The molecule has 0 saturated carbocycles. The third-order valence-electron chi connectivity index (χ3n) is 4.84. The SMILES string of the molecule is CN=C(NCc1ccc(Oc2ccc(F)cc2)nc1)N1CCS(=O)(=O)C(C)(C)C1.I. The highest BCUT2D eigenvalue weighted by Crippen LogP contribution is 2.24. The van der Waals surface area contributed by atoms with E-state index < -0.39 is 14.6 Å². The Bertz CT molecular complexity index is 980. The van der Waals surface area contributed by atoms with Crippen molar-refractivity contribution in [3.05, 3.63) is 54.0 Å². The van der Waals surface area contributed by atoms with Crippen LogP contribution < -0.4 is 10.1 Å². The Hall–Kier alpha value is -1.95. The number of rotatable bonds is 4. The van der Waals surface area contributed by atoms with Crippen molar-refractivity contribution >= 4 is 39.8 Å². The van der Waals surface area contributed by atoms with Gasteiger partial charge in [0.15, 0.2) is 15.8 Å². The average molecular weight is 548 g/mol. The molecule has 0 bridgehead atoms. The summed E-state index contributed by atoms with van der Waals surface area (Å²) in [4.78, 5) is 10.5. The minimum Gasteiger partial charge on any atom is -0.439 e. The molecule has 164 valence electrons. The van der Waals surface area contributed by atoms with Crippen LogP contribution in [0, 0.1) is 5.82 Å². The number of aliphatic imine (C=N–C) groups is 1. The first kappa shape index (κ1) is 24.3. The average Bonchev–Trinajstić information content (AvgIpc) is 2.68. The van der Waals surface area contributed by atoms with Crippen LogP contribution in [0.1, 0.15) is 19.4 Å². The largest absolute Gasteiger partial charge is 0.439 e. The number of nitrogens with one attached hydrogen (secondary N) is 1. The van der Waals surface area contributed by atoms with Gasteiger partial charge in [-0.25, -0.2) is 17.8 Å². The van der Waals surface area contributed by atoms with Crippen LogP contribution in [0.2, 0.25) is 0 Å². The lowest BCUT2D eigenvalue weighted by Crippen LogP contribution is -2.57. The summed E-state index contributed by atoms with van der Waals surface area (Å²) in [5.41, 5.74) is 0.918. The van der Waals surface area contributed by atoms with Crippen molar-refractivity contribution < 1.29 is 17.5 Å². The Morgan fingerprint density at radius 3 is 2.53 bits per heavy atom. The van der Waals surface area contributed by atoms with E-state index in [0.29, 0.717) is 37.2 Å². The van der Waals surface area contributed by atoms with E-state index in [9.17, 15) is 12.8 Å². The van der Waals surface area contributed by atoms with Crippen LogP contribution in [0.4, 0.5) is 4.39 Å². The number of hydrogen-bond acceptors (Lipinski definition) is 5. The summed E-state index contributed by atoms with van der Waals surface area (Å²) in [7, 11) is -1.43. The van der Waals surface area contributed by atoms with Gasteiger partial charge in [-0.1, -0.05) is 6.07 Å². The molecule has 10 heteroatoms. The van der Waals surface area contributed by atoms with Gasteiger partial charge in [-0.2, -0.15) is 0 Å².